The second-order valence-electron chi connectivity index (χ2n) is 16.5. The number of aryl methyl sites for hydroxylation is 4. The molecule has 4 saturated heterocycles. The van der Waals surface area contributed by atoms with Gasteiger partial charge in [-0.25, -0.2) is 33.0 Å². The Morgan fingerprint density at radius 2 is 0.969 bits per heavy atom. The van der Waals surface area contributed by atoms with Crippen LogP contribution in [0.3, 0.4) is 0 Å². The second-order valence-corrected chi connectivity index (χ2v) is 20.2. The Morgan fingerprint density at radius 3 is 1.25 bits per heavy atom. The Bertz CT molecular complexity index is 2480. The zero-order chi connectivity index (χ0) is 46.7. The van der Waals surface area contributed by atoms with E-state index < -0.39 is 48.8 Å². The van der Waals surface area contributed by atoms with Crippen LogP contribution in [0.2, 0.25) is 0 Å². The number of sulfonamides is 2. The first kappa shape index (κ1) is 56.0. The van der Waals surface area contributed by atoms with Gasteiger partial charge in [0.1, 0.15) is 16.9 Å². The molecule has 6 rings (SSSR count). The van der Waals surface area contributed by atoms with E-state index in [1.807, 2.05) is 27.7 Å². The molecule has 340 valence electrons. The van der Waals surface area contributed by atoms with Crippen molar-refractivity contribution in [1.29, 1.82) is 5.26 Å². The van der Waals surface area contributed by atoms with Crippen molar-refractivity contribution in [2.75, 3.05) is 36.0 Å². The van der Waals surface area contributed by atoms with Crippen molar-refractivity contribution >= 4 is 73.2 Å². The van der Waals surface area contributed by atoms with E-state index in [4.69, 9.17) is 24.1 Å². The number of ketones is 1. The monoisotopic (exact) mass is 945 g/mol. The summed E-state index contributed by atoms with van der Waals surface area (Å²) in [6.45, 7) is 26.7. The maximum Gasteiger partial charge on any atom is 1.00 e. The number of nitrogens with one attached hydrogen (secondary N) is 2. The van der Waals surface area contributed by atoms with Crippen LogP contribution >= 0.6 is 0 Å². The molecule has 0 aromatic heterocycles. The topological polar surface area (TPSA) is 245 Å². The number of benzene rings is 2. The van der Waals surface area contributed by atoms with E-state index in [1.165, 1.54) is 23.8 Å². The van der Waals surface area contributed by atoms with Crippen LogP contribution in [0, 0.1) is 46.1 Å². The number of rotatable bonds is 8. The molecule has 0 bridgehead atoms. The number of amides is 6. The predicted octanol–water partition coefficient (Wildman–Crippen LogP) is 1.95. The summed E-state index contributed by atoms with van der Waals surface area (Å²) in [6.07, 6.45) is 4.16. The van der Waals surface area contributed by atoms with Gasteiger partial charge in [0.05, 0.1) is 12.8 Å². The molecule has 0 atom stereocenters. The van der Waals surface area contributed by atoms with Gasteiger partial charge in [-0.1, -0.05) is 7.43 Å². The average molecular weight is 946 g/mol. The number of nitrogens with zero attached hydrogens (tertiary/aromatic N) is 6. The third-order valence-corrected chi connectivity index (χ3v) is 14.5. The molecule has 0 aliphatic carbocycles. The Balaban J connectivity index is 0.000000412. The van der Waals surface area contributed by atoms with Gasteiger partial charge in [0, 0.05) is 61.2 Å². The fourth-order valence-electron chi connectivity index (χ4n) is 7.60. The molecule has 0 unspecified atom stereocenters. The fourth-order valence-corrected chi connectivity index (χ4v) is 9.94. The Kier molecular flexibility index (Phi) is 18.8. The summed E-state index contributed by atoms with van der Waals surface area (Å²) in [5.74, 6) is -0.660. The zero-order valence-corrected chi connectivity index (χ0v) is 41.8. The molecule has 64 heavy (non-hydrogen) atoms. The quantitative estimate of drug-likeness (QED) is 0.196. The van der Waals surface area contributed by atoms with Crippen molar-refractivity contribution in [3.63, 3.8) is 0 Å². The van der Waals surface area contributed by atoms with Crippen molar-refractivity contribution in [2.24, 2.45) is 5.73 Å². The number of anilines is 2. The first-order valence-corrected chi connectivity index (χ1v) is 22.6. The SMILES string of the molecule is C.Cc1cc(N2C(=O)NC(=O)C2(C)C)cc(C)c1/C=C/S(=O)(=O)N1CCC(=O)CC1.[C-]#N.[C-]#[N+]C1(N)CCN(S(=O)(=O)/C=C/c2c(C)cc(N3C(=O)NC(=O)C3(C)C)cc2C)CC1.[K+]. The zero-order valence-electron chi connectivity index (χ0n) is 37.0. The summed E-state index contributed by atoms with van der Waals surface area (Å²) in [5, 5.41) is 13.2. The fraction of sp³-hybridized carbons (Fsp3) is 0.465. The number of imide groups is 2. The molecule has 0 radical (unpaired) electrons. The molecule has 4 aliphatic heterocycles. The molecule has 4 N–H and O–H groups in total. The van der Waals surface area contributed by atoms with E-state index in [-0.39, 0.29) is 115 Å². The van der Waals surface area contributed by atoms with Gasteiger partial charge in [0.25, 0.3) is 17.5 Å². The Hall–Kier alpha value is -4.13. The minimum absolute atomic E-state index is 0. The number of carbonyl (C=O) groups is 5. The number of piperidine rings is 2. The number of Topliss-reactive ketones (excluding diaryl/α,β-unsaturated/α-hetero) is 1. The molecular formula is C43H56KN9O9S2. The van der Waals surface area contributed by atoms with Crippen LogP contribution in [-0.4, -0.2) is 98.0 Å². The van der Waals surface area contributed by atoms with Crippen LogP contribution in [0.4, 0.5) is 21.0 Å². The van der Waals surface area contributed by atoms with Crippen LogP contribution in [0.15, 0.2) is 35.1 Å². The minimum Gasteiger partial charge on any atom is -0.512 e. The minimum atomic E-state index is -3.66. The molecule has 4 heterocycles. The van der Waals surface area contributed by atoms with Gasteiger partial charge in [-0.2, -0.15) is 8.61 Å². The van der Waals surface area contributed by atoms with Crippen LogP contribution < -0.4 is 77.6 Å². The van der Waals surface area contributed by atoms with E-state index in [0.717, 1.165) is 38.8 Å². The molecule has 4 aliphatic rings. The van der Waals surface area contributed by atoms with Crippen molar-refractivity contribution in [1.82, 2.24) is 19.2 Å². The predicted molar refractivity (Wildman–Crippen MR) is 240 cm³/mol. The summed E-state index contributed by atoms with van der Waals surface area (Å²) in [4.78, 5) is 66.2. The maximum absolute atomic E-state index is 12.7. The van der Waals surface area contributed by atoms with Gasteiger partial charge >= 0.3 is 63.4 Å². The summed E-state index contributed by atoms with van der Waals surface area (Å²) in [5.41, 5.74) is 8.61. The molecule has 6 amide bonds. The number of carbonyl (C=O) groups excluding carboxylic acids is 5. The normalized spacial score (nSPS) is 19.7. The van der Waals surface area contributed by atoms with Gasteiger partial charge < -0.3 is 11.8 Å². The summed E-state index contributed by atoms with van der Waals surface area (Å²) >= 11 is 0. The van der Waals surface area contributed by atoms with Gasteiger partial charge in [-0.05, 0) is 125 Å². The van der Waals surface area contributed by atoms with Crippen molar-refractivity contribution in [3.05, 3.63) is 86.5 Å². The standard InChI is InChI=1S/C21H27N5O4S.C20H25N3O5S.CN.CH4.K/c1-14-12-16(26-19(28)24-18(27)20(26,3)4)13-15(2)17(14)6-11-31(29,30)25-9-7-21(22,23-5)8-10-25;1-13-11-15(23-19(26)21-18(25)20(23,3)4)12-14(2)17(13)7-10-29(27,28)22-8-5-16(24)6-9-22;1-2;;/h6,11-13H,7-10,22H2,1-4H3,(H,24,27,28);7,10-12H,5-6,8-9H2,1-4H3,(H,21,25,26);;1H4;/q;;-1;;+1/b11-6+;10-7+;;;. The van der Waals surface area contributed by atoms with Crippen molar-refractivity contribution < 1.29 is 92.2 Å². The molecule has 2 aromatic rings. The third-order valence-electron chi connectivity index (χ3n) is 11.4. The third kappa shape index (κ3) is 12.0. The maximum atomic E-state index is 12.7. The Labute approximate surface area is 419 Å². The number of nitrogens with two attached hydrogens (primary N) is 1. The van der Waals surface area contributed by atoms with Crippen LogP contribution in [0.1, 0.15) is 94.2 Å². The van der Waals surface area contributed by atoms with E-state index >= 15 is 0 Å². The van der Waals surface area contributed by atoms with Crippen molar-refractivity contribution in [3.8, 4) is 0 Å². The average Bonchev–Trinajstić information content (AvgIpc) is 3.52. The van der Waals surface area contributed by atoms with Crippen LogP contribution in [0.25, 0.3) is 17.0 Å². The molecular weight excluding hydrogens is 890 g/mol. The molecule has 18 nitrogen and oxygen atoms in total. The molecule has 0 spiro atoms. The van der Waals surface area contributed by atoms with Gasteiger partial charge in [-0.15, -0.1) is 0 Å². The van der Waals surface area contributed by atoms with Crippen LogP contribution in [-0.2, 0) is 34.4 Å². The van der Waals surface area contributed by atoms with Gasteiger partial charge in [0.15, 0.2) is 0 Å². The summed E-state index contributed by atoms with van der Waals surface area (Å²) in [7, 11) is -7.28. The molecule has 2 aromatic carbocycles. The van der Waals surface area contributed by atoms with E-state index in [1.54, 1.807) is 64.1 Å². The number of urea groups is 2. The number of hydrogen-bond acceptors (Lipinski definition) is 11. The van der Waals surface area contributed by atoms with Crippen LogP contribution in [0.5, 0.6) is 0 Å². The Morgan fingerprint density at radius 1 is 0.656 bits per heavy atom. The van der Waals surface area contributed by atoms with Gasteiger partial charge in [0.2, 0.25) is 20.0 Å². The van der Waals surface area contributed by atoms with E-state index in [9.17, 15) is 40.8 Å². The summed E-state index contributed by atoms with van der Waals surface area (Å²) in [6, 6.07) is 6.08. The van der Waals surface area contributed by atoms with Gasteiger partial charge in [-0.3, -0.25) is 45.4 Å². The summed E-state index contributed by atoms with van der Waals surface area (Å²) < 4.78 is 53.2. The smallest absolute Gasteiger partial charge is 0.512 e. The number of hydrogen-bond donors (Lipinski definition) is 3. The second kappa shape index (κ2) is 21.4. The van der Waals surface area contributed by atoms with E-state index in [2.05, 4.69) is 15.5 Å². The largest absolute Gasteiger partial charge is 1.00 e. The molecule has 0 saturated carbocycles. The molecule has 21 heteroatoms. The first-order chi connectivity index (χ1) is 28.7. The molecule has 4 fully saturated rings. The van der Waals surface area contributed by atoms with Crippen molar-refractivity contribution in [2.45, 2.75) is 105 Å². The van der Waals surface area contributed by atoms with E-state index in [0.29, 0.717) is 24.2 Å². The first-order valence-electron chi connectivity index (χ1n) is 19.6.